The van der Waals surface area contributed by atoms with Crippen LogP contribution >= 0.6 is 11.3 Å². The molecule has 0 radical (unpaired) electrons. The lowest BCUT2D eigenvalue weighted by atomic mass is 10.0. The minimum atomic E-state index is 0.284. The van der Waals surface area contributed by atoms with Gasteiger partial charge in [0, 0.05) is 23.7 Å². The normalized spacial score (nSPS) is 12.6. The molecule has 2 rings (SSSR count). The zero-order valence-electron chi connectivity index (χ0n) is 10.9. The molecule has 0 fully saturated rings. The summed E-state index contributed by atoms with van der Waals surface area (Å²) in [6.07, 6.45) is 5.91. The number of nitrogens with zero attached hydrogens (tertiary/aromatic N) is 2. The van der Waals surface area contributed by atoms with Crippen molar-refractivity contribution < 1.29 is 0 Å². The van der Waals surface area contributed by atoms with Gasteiger partial charge in [0.25, 0.3) is 0 Å². The second-order valence-corrected chi connectivity index (χ2v) is 5.36. The van der Waals surface area contributed by atoms with Crippen LogP contribution < -0.4 is 5.32 Å². The monoisotopic (exact) mass is 261 g/mol. The predicted octanol–water partition coefficient (Wildman–Crippen LogP) is 3.13. The molecule has 0 aliphatic carbocycles. The molecular weight excluding hydrogens is 242 g/mol. The molecule has 0 aliphatic heterocycles. The van der Waals surface area contributed by atoms with Gasteiger partial charge in [-0.05, 0) is 31.5 Å². The molecule has 0 amide bonds. The lowest BCUT2D eigenvalue weighted by molar-refractivity contribution is 0.518. The molecule has 1 unspecified atom stereocenters. The average molecular weight is 261 g/mol. The van der Waals surface area contributed by atoms with Crippen molar-refractivity contribution in [2.75, 3.05) is 6.54 Å². The molecule has 96 valence electrons. The summed E-state index contributed by atoms with van der Waals surface area (Å²) in [4.78, 5) is 9.98. The van der Waals surface area contributed by atoms with Gasteiger partial charge in [0.15, 0.2) is 0 Å². The van der Waals surface area contributed by atoms with Crippen molar-refractivity contribution in [2.24, 2.45) is 0 Å². The van der Waals surface area contributed by atoms with Crippen molar-refractivity contribution in [3.8, 4) is 0 Å². The molecule has 4 heteroatoms. The Kier molecular flexibility index (Phi) is 4.84. The van der Waals surface area contributed by atoms with Crippen molar-refractivity contribution in [3.05, 3.63) is 46.2 Å². The lowest BCUT2D eigenvalue weighted by Gasteiger charge is -2.19. The van der Waals surface area contributed by atoms with Crippen LogP contribution in [0, 0.1) is 6.92 Å². The van der Waals surface area contributed by atoms with Gasteiger partial charge in [-0.3, -0.25) is 9.97 Å². The van der Waals surface area contributed by atoms with Crippen molar-refractivity contribution in [3.63, 3.8) is 0 Å². The Hall–Kier alpha value is -1.26. The Labute approximate surface area is 112 Å². The van der Waals surface area contributed by atoms with Crippen LogP contribution in [0.1, 0.15) is 35.5 Å². The Morgan fingerprint density at radius 2 is 2.33 bits per heavy atom. The Morgan fingerprint density at radius 3 is 3.00 bits per heavy atom. The Morgan fingerprint density at radius 1 is 1.44 bits per heavy atom. The Balaban J connectivity index is 2.16. The van der Waals surface area contributed by atoms with E-state index in [1.807, 2.05) is 24.0 Å². The zero-order chi connectivity index (χ0) is 12.8. The van der Waals surface area contributed by atoms with E-state index in [2.05, 4.69) is 35.2 Å². The van der Waals surface area contributed by atoms with E-state index < -0.39 is 0 Å². The second kappa shape index (κ2) is 6.61. The number of pyridine rings is 1. The van der Waals surface area contributed by atoms with Gasteiger partial charge in [0.1, 0.15) is 0 Å². The summed E-state index contributed by atoms with van der Waals surface area (Å²) in [5, 5.41) is 3.58. The number of aromatic nitrogens is 2. The fourth-order valence-electron chi connectivity index (χ4n) is 1.99. The quantitative estimate of drug-likeness (QED) is 0.868. The number of hydrogen-bond donors (Lipinski definition) is 1. The van der Waals surface area contributed by atoms with Crippen LogP contribution in [0.3, 0.4) is 0 Å². The first kappa shape index (κ1) is 13.2. The van der Waals surface area contributed by atoms with Crippen LogP contribution in [0.15, 0.2) is 30.0 Å². The lowest BCUT2D eigenvalue weighted by Crippen LogP contribution is -2.25. The van der Waals surface area contributed by atoms with Gasteiger partial charge < -0.3 is 5.32 Å². The molecule has 0 saturated heterocycles. The van der Waals surface area contributed by atoms with Crippen LogP contribution in [0.25, 0.3) is 0 Å². The summed E-state index contributed by atoms with van der Waals surface area (Å²) in [5.41, 5.74) is 4.28. The maximum Gasteiger partial charge on any atom is 0.0794 e. The van der Waals surface area contributed by atoms with Gasteiger partial charge >= 0.3 is 0 Å². The van der Waals surface area contributed by atoms with Gasteiger partial charge in [0.05, 0.1) is 17.2 Å². The predicted molar refractivity (Wildman–Crippen MR) is 75.8 cm³/mol. The van der Waals surface area contributed by atoms with E-state index in [-0.39, 0.29) is 6.04 Å². The fraction of sp³-hybridized carbons (Fsp3) is 0.429. The molecule has 2 aromatic heterocycles. The van der Waals surface area contributed by atoms with Crippen molar-refractivity contribution in [1.82, 2.24) is 15.3 Å². The van der Waals surface area contributed by atoms with E-state index in [1.54, 1.807) is 11.3 Å². The third-order valence-corrected chi connectivity index (χ3v) is 3.71. The van der Waals surface area contributed by atoms with Gasteiger partial charge in [-0.25, -0.2) is 0 Å². The summed E-state index contributed by atoms with van der Waals surface area (Å²) in [7, 11) is 0. The number of aryl methyl sites for hydroxylation is 1. The number of nitrogens with one attached hydrogen (secondary N) is 1. The van der Waals surface area contributed by atoms with Crippen LogP contribution in [-0.2, 0) is 6.42 Å². The SMILES string of the molecule is CCCNC(Cc1cncs1)c1ncccc1C. The van der Waals surface area contributed by atoms with Crippen molar-refractivity contribution in [2.45, 2.75) is 32.7 Å². The first-order valence-electron chi connectivity index (χ1n) is 6.33. The first-order chi connectivity index (χ1) is 8.81. The highest BCUT2D eigenvalue weighted by Crippen LogP contribution is 2.21. The third-order valence-electron chi connectivity index (χ3n) is 2.91. The second-order valence-electron chi connectivity index (χ2n) is 4.38. The number of thiazole rings is 1. The molecule has 0 aromatic carbocycles. The molecule has 0 spiro atoms. The van der Waals surface area contributed by atoms with Gasteiger partial charge in [-0.15, -0.1) is 11.3 Å². The van der Waals surface area contributed by atoms with Crippen LogP contribution in [0.2, 0.25) is 0 Å². The molecule has 2 aromatic rings. The molecule has 1 N–H and O–H groups in total. The average Bonchev–Trinajstić information content (AvgIpc) is 2.88. The van der Waals surface area contributed by atoms with Crippen molar-refractivity contribution >= 4 is 11.3 Å². The standard InChI is InChI=1S/C14H19N3S/c1-3-6-16-13(8-12-9-15-10-18-12)14-11(2)5-4-7-17-14/h4-5,7,9-10,13,16H,3,6,8H2,1-2H3. The van der Waals surface area contributed by atoms with E-state index in [0.29, 0.717) is 0 Å². The number of hydrogen-bond acceptors (Lipinski definition) is 4. The smallest absolute Gasteiger partial charge is 0.0794 e. The van der Waals surface area contributed by atoms with E-state index >= 15 is 0 Å². The van der Waals surface area contributed by atoms with Gasteiger partial charge in [-0.2, -0.15) is 0 Å². The third kappa shape index (κ3) is 3.37. The number of rotatable bonds is 6. The highest BCUT2D eigenvalue weighted by molar-refractivity contribution is 7.09. The van der Waals surface area contributed by atoms with Gasteiger partial charge in [-0.1, -0.05) is 13.0 Å². The Bertz CT molecular complexity index is 468. The summed E-state index contributed by atoms with van der Waals surface area (Å²) < 4.78 is 0. The van der Waals surface area contributed by atoms with Gasteiger partial charge in [0.2, 0.25) is 0 Å². The van der Waals surface area contributed by atoms with E-state index in [1.165, 1.54) is 10.4 Å². The summed E-state index contributed by atoms with van der Waals surface area (Å²) in [6.45, 7) is 5.32. The first-order valence-corrected chi connectivity index (χ1v) is 7.21. The molecular formula is C14H19N3S. The minimum absolute atomic E-state index is 0.284. The zero-order valence-corrected chi connectivity index (χ0v) is 11.7. The van der Waals surface area contributed by atoms with Crippen LogP contribution in [-0.4, -0.2) is 16.5 Å². The molecule has 3 nitrogen and oxygen atoms in total. The van der Waals surface area contributed by atoms with E-state index in [9.17, 15) is 0 Å². The highest BCUT2D eigenvalue weighted by atomic mass is 32.1. The molecule has 18 heavy (non-hydrogen) atoms. The highest BCUT2D eigenvalue weighted by Gasteiger charge is 2.15. The summed E-state index contributed by atoms with van der Waals surface area (Å²) in [6, 6.07) is 4.39. The van der Waals surface area contributed by atoms with Crippen LogP contribution in [0.5, 0.6) is 0 Å². The molecule has 0 bridgehead atoms. The maximum absolute atomic E-state index is 4.53. The fourth-order valence-corrected chi connectivity index (χ4v) is 2.63. The molecule has 0 aliphatic rings. The molecule has 1 atom stereocenters. The van der Waals surface area contributed by atoms with Crippen LogP contribution in [0.4, 0.5) is 0 Å². The summed E-state index contributed by atoms with van der Waals surface area (Å²) in [5.74, 6) is 0. The van der Waals surface area contributed by atoms with Crippen molar-refractivity contribution in [1.29, 1.82) is 0 Å². The topological polar surface area (TPSA) is 37.8 Å². The van der Waals surface area contributed by atoms with E-state index in [4.69, 9.17) is 0 Å². The maximum atomic E-state index is 4.53. The minimum Gasteiger partial charge on any atom is -0.308 e. The molecule has 2 heterocycles. The largest absolute Gasteiger partial charge is 0.308 e. The summed E-state index contributed by atoms with van der Waals surface area (Å²) >= 11 is 1.71. The molecule has 0 saturated carbocycles. The van der Waals surface area contributed by atoms with E-state index in [0.717, 1.165) is 25.1 Å².